The zero-order valence-electron chi connectivity index (χ0n) is 10.9. The van der Waals surface area contributed by atoms with Gasteiger partial charge in [-0.25, -0.2) is 17.2 Å². The molecule has 0 aliphatic carbocycles. The largest absolute Gasteiger partial charge is 0.495 e. The van der Waals surface area contributed by atoms with E-state index in [2.05, 4.69) is 0 Å². The lowest BCUT2D eigenvalue weighted by Crippen LogP contribution is -2.14. The zero-order chi connectivity index (χ0) is 15.6. The predicted octanol–water partition coefficient (Wildman–Crippen LogP) is 2.36. The number of anilines is 2. The van der Waals surface area contributed by atoms with Crippen molar-refractivity contribution < 1.29 is 21.9 Å². The summed E-state index contributed by atoms with van der Waals surface area (Å²) in [6, 6.07) is 6.24. The molecule has 0 fully saturated rings. The van der Waals surface area contributed by atoms with Crippen molar-refractivity contribution in [3.63, 3.8) is 0 Å². The fraction of sp³-hybridized carbons (Fsp3) is 0.0769. The van der Waals surface area contributed by atoms with Crippen LogP contribution in [0.15, 0.2) is 41.3 Å². The average molecular weight is 314 g/mol. The van der Waals surface area contributed by atoms with Gasteiger partial charge in [0.15, 0.2) is 0 Å². The van der Waals surface area contributed by atoms with Crippen LogP contribution in [0.3, 0.4) is 0 Å². The van der Waals surface area contributed by atoms with Gasteiger partial charge in [0.2, 0.25) is 0 Å². The highest BCUT2D eigenvalue weighted by atomic mass is 32.2. The summed E-state index contributed by atoms with van der Waals surface area (Å²) in [7, 11) is -2.70. The summed E-state index contributed by atoms with van der Waals surface area (Å²) in [5.41, 5.74) is 5.25. The Hall–Kier alpha value is -2.35. The first-order valence-electron chi connectivity index (χ1n) is 5.75. The van der Waals surface area contributed by atoms with Crippen molar-refractivity contribution >= 4 is 21.4 Å². The van der Waals surface area contributed by atoms with Crippen LogP contribution in [0.4, 0.5) is 20.2 Å². The van der Waals surface area contributed by atoms with Gasteiger partial charge in [0.05, 0.1) is 23.4 Å². The molecule has 0 unspecified atom stereocenters. The summed E-state index contributed by atoms with van der Waals surface area (Å²) in [6.45, 7) is 0. The van der Waals surface area contributed by atoms with E-state index in [1.165, 1.54) is 25.3 Å². The van der Waals surface area contributed by atoms with Gasteiger partial charge in [-0.2, -0.15) is 0 Å². The maximum atomic E-state index is 13.5. The van der Waals surface area contributed by atoms with Crippen LogP contribution >= 0.6 is 0 Å². The Morgan fingerprint density at radius 2 is 1.86 bits per heavy atom. The molecule has 2 rings (SSSR count). The molecule has 112 valence electrons. The summed E-state index contributed by atoms with van der Waals surface area (Å²) in [6.07, 6.45) is 0. The Labute approximate surface area is 120 Å². The van der Waals surface area contributed by atoms with E-state index < -0.39 is 27.3 Å². The smallest absolute Gasteiger partial charge is 0.262 e. The van der Waals surface area contributed by atoms with Gasteiger partial charge in [-0.3, -0.25) is 4.72 Å². The van der Waals surface area contributed by atoms with Gasteiger partial charge in [-0.15, -0.1) is 0 Å². The maximum Gasteiger partial charge on any atom is 0.262 e. The van der Waals surface area contributed by atoms with Crippen LogP contribution in [0.25, 0.3) is 0 Å². The fourth-order valence-corrected chi connectivity index (χ4v) is 2.75. The third kappa shape index (κ3) is 3.22. The minimum Gasteiger partial charge on any atom is -0.495 e. The minimum absolute atomic E-state index is 0.111. The number of benzene rings is 2. The standard InChI is InChI=1S/C13H12F2N2O3S/c1-20-13-5-3-9(7-11(13)16)21(18,19)17-12-6-8(14)2-4-10(12)15/h2-7,17H,16H2,1H3. The van der Waals surface area contributed by atoms with E-state index >= 15 is 0 Å². The normalized spacial score (nSPS) is 11.2. The predicted molar refractivity (Wildman–Crippen MR) is 74.6 cm³/mol. The molecule has 0 saturated heterocycles. The highest BCUT2D eigenvalue weighted by molar-refractivity contribution is 7.92. The summed E-state index contributed by atoms with van der Waals surface area (Å²) >= 11 is 0. The molecule has 21 heavy (non-hydrogen) atoms. The molecular formula is C13H12F2N2O3S. The number of nitrogen functional groups attached to an aromatic ring is 1. The molecule has 8 heteroatoms. The third-order valence-electron chi connectivity index (χ3n) is 2.68. The fourth-order valence-electron chi connectivity index (χ4n) is 1.66. The molecule has 0 aromatic heterocycles. The van der Waals surface area contributed by atoms with Crippen molar-refractivity contribution in [3.05, 3.63) is 48.0 Å². The lowest BCUT2D eigenvalue weighted by molar-refractivity contribution is 0.416. The Morgan fingerprint density at radius 3 is 2.48 bits per heavy atom. The number of hydrogen-bond acceptors (Lipinski definition) is 4. The monoisotopic (exact) mass is 314 g/mol. The van der Waals surface area contributed by atoms with Gasteiger partial charge < -0.3 is 10.5 Å². The van der Waals surface area contributed by atoms with Crippen molar-refractivity contribution in [2.75, 3.05) is 17.6 Å². The molecule has 0 amide bonds. The highest BCUT2D eigenvalue weighted by Gasteiger charge is 2.18. The quantitative estimate of drug-likeness (QED) is 0.849. The number of nitrogens with one attached hydrogen (secondary N) is 1. The lowest BCUT2D eigenvalue weighted by Gasteiger charge is -2.11. The van der Waals surface area contributed by atoms with Crippen LogP contribution in [0, 0.1) is 11.6 Å². The molecule has 2 aromatic carbocycles. The maximum absolute atomic E-state index is 13.5. The second kappa shape index (κ2) is 5.57. The van der Waals surface area contributed by atoms with Gasteiger partial charge >= 0.3 is 0 Å². The SMILES string of the molecule is COc1ccc(S(=O)(=O)Nc2cc(F)ccc2F)cc1N. The second-order valence-electron chi connectivity index (χ2n) is 4.13. The van der Waals surface area contributed by atoms with E-state index in [0.717, 1.165) is 18.2 Å². The van der Waals surface area contributed by atoms with Crippen LogP contribution in [-0.2, 0) is 10.0 Å². The summed E-state index contributed by atoms with van der Waals surface area (Å²) in [5, 5.41) is 0. The molecule has 0 saturated carbocycles. The molecule has 0 radical (unpaired) electrons. The molecule has 0 aliphatic heterocycles. The average Bonchev–Trinajstić information content (AvgIpc) is 2.42. The van der Waals surface area contributed by atoms with Gasteiger partial charge in [0.1, 0.15) is 17.4 Å². The van der Waals surface area contributed by atoms with E-state index in [-0.39, 0.29) is 10.6 Å². The topological polar surface area (TPSA) is 81.4 Å². The number of rotatable bonds is 4. The molecule has 3 N–H and O–H groups in total. The van der Waals surface area contributed by atoms with Gasteiger partial charge in [-0.05, 0) is 30.3 Å². The van der Waals surface area contributed by atoms with Crippen molar-refractivity contribution in [2.45, 2.75) is 4.90 Å². The molecule has 0 atom stereocenters. The van der Waals surface area contributed by atoms with Gasteiger partial charge in [0, 0.05) is 6.07 Å². The number of nitrogens with two attached hydrogens (primary N) is 1. The van der Waals surface area contributed by atoms with Crippen LogP contribution in [0.2, 0.25) is 0 Å². The van der Waals surface area contributed by atoms with E-state index in [0.29, 0.717) is 5.75 Å². The van der Waals surface area contributed by atoms with E-state index in [1.54, 1.807) is 0 Å². The molecule has 0 aliphatic rings. The molecule has 5 nitrogen and oxygen atoms in total. The number of hydrogen-bond donors (Lipinski definition) is 2. The van der Waals surface area contributed by atoms with E-state index in [4.69, 9.17) is 10.5 Å². The molecule has 2 aromatic rings. The van der Waals surface area contributed by atoms with Crippen LogP contribution < -0.4 is 15.2 Å². The first-order chi connectivity index (χ1) is 9.83. The van der Waals surface area contributed by atoms with Crippen LogP contribution in [0.1, 0.15) is 0 Å². The van der Waals surface area contributed by atoms with Gasteiger partial charge in [0.25, 0.3) is 10.0 Å². The molecular weight excluding hydrogens is 302 g/mol. The first kappa shape index (κ1) is 15.0. The second-order valence-corrected chi connectivity index (χ2v) is 5.82. The van der Waals surface area contributed by atoms with E-state index in [9.17, 15) is 17.2 Å². The van der Waals surface area contributed by atoms with Crippen LogP contribution in [-0.4, -0.2) is 15.5 Å². The molecule has 0 heterocycles. The Kier molecular flexibility index (Phi) is 3.99. The summed E-state index contributed by atoms with van der Waals surface area (Å²) in [4.78, 5) is -0.190. The minimum atomic E-state index is -4.09. The highest BCUT2D eigenvalue weighted by Crippen LogP contribution is 2.26. The molecule has 0 bridgehead atoms. The number of methoxy groups -OCH3 is 1. The van der Waals surface area contributed by atoms with Crippen molar-refractivity contribution in [1.29, 1.82) is 0 Å². The Morgan fingerprint density at radius 1 is 1.14 bits per heavy atom. The zero-order valence-corrected chi connectivity index (χ0v) is 11.7. The molecule has 0 spiro atoms. The number of ether oxygens (including phenoxy) is 1. The third-order valence-corrected chi connectivity index (χ3v) is 4.05. The summed E-state index contributed by atoms with van der Waals surface area (Å²) in [5.74, 6) is -1.34. The van der Waals surface area contributed by atoms with Gasteiger partial charge in [-0.1, -0.05) is 0 Å². The van der Waals surface area contributed by atoms with Crippen molar-refractivity contribution in [3.8, 4) is 5.75 Å². The summed E-state index contributed by atoms with van der Waals surface area (Å²) < 4.78 is 57.7. The lowest BCUT2D eigenvalue weighted by atomic mass is 10.3. The number of halogens is 2. The Balaban J connectivity index is 2.38. The first-order valence-corrected chi connectivity index (χ1v) is 7.23. The van der Waals surface area contributed by atoms with Crippen LogP contribution in [0.5, 0.6) is 5.75 Å². The Bertz CT molecular complexity index is 779. The van der Waals surface area contributed by atoms with Crippen molar-refractivity contribution in [2.24, 2.45) is 0 Å². The number of sulfonamides is 1. The van der Waals surface area contributed by atoms with Crippen molar-refractivity contribution in [1.82, 2.24) is 0 Å². The van der Waals surface area contributed by atoms with E-state index in [1.807, 2.05) is 4.72 Å².